The van der Waals surface area contributed by atoms with Crippen LogP contribution in [-0.2, 0) is 9.59 Å². The topological polar surface area (TPSA) is 57.6 Å². The van der Waals surface area contributed by atoms with Gasteiger partial charge in [0, 0.05) is 19.0 Å². The van der Waals surface area contributed by atoms with Gasteiger partial charge in [-0.3, -0.25) is 9.59 Å². The Labute approximate surface area is 96.6 Å². The third-order valence-corrected chi connectivity index (χ3v) is 3.60. The highest BCUT2D eigenvalue weighted by Crippen LogP contribution is 2.31. The van der Waals surface area contributed by atoms with Crippen LogP contribution in [0.25, 0.3) is 0 Å². The van der Waals surface area contributed by atoms with Gasteiger partial charge in [0.15, 0.2) is 0 Å². The van der Waals surface area contributed by atoms with E-state index in [4.69, 9.17) is 5.11 Å². The summed E-state index contributed by atoms with van der Waals surface area (Å²) in [5.74, 6) is -0.849. The molecule has 0 aromatic carbocycles. The molecule has 16 heavy (non-hydrogen) atoms. The molecule has 1 rings (SSSR count). The van der Waals surface area contributed by atoms with Crippen molar-refractivity contribution < 1.29 is 14.7 Å². The minimum atomic E-state index is -0.791. The molecule has 1 aliphatic heterocycles. The smallest absolute Gasteiger partial charge is 0.308 e. The van der Waals surface area contributed by atoms with Crippen LogP contribution in [0, 0.1) is 11.8 Å². The molecule has 1 N–H and O–H groups in total. The normalized spacial score (nSPS) is 30.6. The summed E-state index contributed by atoms with van der Waals surface area (Å²) in [6.07, 6.45) is 1.46. The fraction of sp³-hybridized carbons (Fsp3) is 0.833. The lowest BCUT2D eigenvalue weighted by Crippen LogP contribution is -2.55. The zero-order valence-corrected chi connectivity index (χ0v) is 10.4. The van der Waals surface area contributed by atoms with Gasteiger partial charge in [0.1, 0.15) is 0 Å². The van der Waals surface area contributed by atoms with Crippen molar-refractivity contribution in [3.05, 3.63) is 0 Å². The molecule has 0 saturated carbocycles. The summed E-state index contributed by atoms with van der Waals surface area (Å²) < 4.78 is 0. The van der Waals surface area contributed by atoms with Crippen molar-refractivity contribution in [2.75, 3.05) is 0 Å². The molecule has 92 valence electrons. The van der Waals surface area contributed by atoms with E-state index >= 15 is 0 Å². The number of hydrogen-bond donors (Lipinski definition) is 1. The first-order valence-corrected chi connectivity index (χ1v) is 5.88. The SMILES string of the molecule is CC(=O)N1C(C)C(C(=O)O)CCC1C(C)C. The fourth-order valence-corrected chi connectivity index (χ4v) is 2.73. The maximum atomic E-state index is 11.6. The molecule has 0 aromatic heterocycles. The van der Waals surface area contributed by atoms with E-state index in [0.29, 0.717) is 12.3 Å². The number of piperidine rings is 1. The zero-order chi connectivity index (χ0) is 12.5. The minimum absolute atomic E-state index is 0.0165. The summed E-state index contributed by atoms with van der Waals surface area (Å²) in [5.41, 5.74) is 0. The van der Waals surface area contributed by atoms with Gasteiger partial charge in [0.05, 0.1) is 5.92 Å². The van der Waals surface area contributed by atoms with Crippen molar-refractivity contribution in [2.24, 2.45) is 11.8 Å². The number of amides is 1. The lowest BCUT2D eigenvalue weighted by molar-refractivity contribution is -0.151. The molecule has 4 heteroatoms. The van der Waals surface area contributed by atoms with Crippen molar-refractivity contribution >= 4 is 11.9 Å². The van der Waals surface area contributed by atoms with Crippen LogP contribution >= 0.6 is 0 Å². The fourth-order valence-electron chi connectivity index (χ4n) is 2.73. The maximum absolute atomic E-state index is 11.6. The van der Waals surface area contributed by atoms with Crippen LogP contribution in [0.15, 0.2) is 0 Å². The van der Waals surface area contributed by atoms with E-state index < -0.39 is 11.9 Å². The first kappa shape index (κ1) is 13.0. The number of carboxylic acid groups (broad SMARTS) is 1. The molecule has 3 atom stereocenters. The number of hydrogen-bond acceptors (Lipinski definition) is 2. The van der Waals surface area contributed by atoms with Crippen molar-refractivity contribution in [2.45, 2.75) is 52.6 Å². The van der Waals surface area contributed by atoms with E-state index in [9.17, 15) is 9.59 Å². The van der Waals surface area contributed by atoms with Crippen LogP contribution in [0.2, 0.25) is 0 Å². The Morgan fingerprint density at radius 3 is 2.25 bits per heavy atom. The van der Waals surface area contributed by atoms with Gasteiger partial charge in [0.25, 0.3) is 0 Å². The van der Waals surface area contributed by atoms with Crippen molar-refractivity contribution in [1.29, 1.82) is 0 Å². The minimum Gasteiger partial charge on any atom is -0.481 e. The number of likely N-dealkylation sites (tertiary alicyclic amines) is 1. The molecule has 0 radical (unpaired) electrons. The van der Waals surface area contributed by atoms with Crippen LogP contribution in [0.4, 0.5) is 0 Å². The number of carbonyl (C=O) groups excluding carboxylic acids is 1. The molecule has 1 fully saturated rings. The quantitative estimate of drug-likeness (QED) is 0.781. The Bertz CT molecular complexity index is 288. The molecule has 1 heterocycles. The zero-order valence-electron chi connectivity index (χ0n) is 10.4. The van der Waals surface area contributed by atoms with Gasteiger partial charge in [-0.2, -0.15) is 0 Å². The van der Waals surface area contributed by atoms with E-state index in [1.54, 1.807) is 4.90 Å². The second-order valence-electron chi connectivity index (χ2n) is 5.00. The van der Waals surface area contributed by atoms with E-state index in [1.165, 1.54) is 6.92 Å². The summed E-state index contributed by atoms with van der Waals surface area (Å²) >= 11 is 0. The number of rotatable bonds is 2. The van der Waals surface area contributed by atoms with Gasteiger partial charge >= 0.3 is 5.97 Å². The largest absolute Gasteiger partial charge is 0.481 e. The Morgan fingerprint density at radius 2 is 1.88 bits per heavy atom. The highest BCUT2D eigenvalue weighted by molar-refractivity contribution is 5.77. The average Bonchev–Trinajstić information content (AvgIpc) is 2.15. The molecule has 0 aliphatic carbocycles. The van der Waals surface area contributed by atoms with Crippen LogP contribution in [0.3, 0.4) is 0 Å². The highest BCUT2D eigenvalue weighted by atomic mass is 16.4. The monoisotopic (exact) mass is 227 g/mol. The van der Waals surface area contributed by atoms with Gasteiger partial charge in [-0.25, -0.2) is 0 Å². The van der Waals surface area contributed by atoms with Crippen molar-refractivity contribution in [3.8, 4) is 0 Å². The number of carboxylic acids is 1. The Balaban J connectivity index is 2.91. The second-order valence-corrected chi connectivity index (χ2v) is 5.00. The molecular formula is C12H21NO3. The van der Waals surface area contributed by atoms with E-state index in [1.807, 2.05) is 6.92 Å². The van der Waals surface area contributed by atoms with Gasteiger partial charge in [-0.1, -0.05) is 13.8 Å². The van der Waals surface area contributed by atoms with Crippen LogP contribution in [0.5, 0.6) is 0 Å². The molecular weight excluding hydrogens is 206 g/mol. The first-order valence-electron chi connectivity index (χ1n) is 5.88. The highest BCUT2D eigenvalue weighted by Gasteiger charge is 2.40. The maximum Gasteiger partial charge on any atom is 0.308 e. The summed E-state index contributed by atoms with van der Waals surface area (Å²) in [6.45, 7) is 7.52. The van der Waals surface area contributed by atoms with Crippen LogP contribution in [0.1, 0.15) is 40.5 Å². The van der Waals surface area contributed by atoms with Gasteiger partial charge in [0.2, 0.25) is 5.91 Å². The average molecular weight is 227 g/mol. The van der Waals surface area contributed by atoms with E-state index in [-0.39, 0.29) is 18.0 Å². The third-order valence-electron chi connectivity index (χ3n) is 3.60. The summed E-state index contributed by atoms with van der Waals surface area (Å²) in [6, 6.07) is -0.0146. The first-order chi connectivity index (χ1) is 7.36. The molecule has 0 aromatic rings. The van der Waals surface area contributed by atoms with Gasteiger partial charge in [-0.05, 0) is 25.7 Å². The Morgan fingerprint density at radius 1 is 1.31 bits per heavy atom. The molecule has 3 unspecified atom stereocenters. The molecule has 1 amide bonds. The Kier molecular flexibility index (Phi) is 3.94. The van der Waals surface area contributed by atoms with Gasteiger partial charge < -0.3 is 10.0 Å². The van der Waals surface area contributed by atoms with Crippen LogP contribution < -0.4 is 0 Å². The lowest BCUT2D eigenvalue weighted by Gasteiger charge is -2.45. The predicted octanol–water partition coefficient (Wildman–Crippen LogP) is 1.74. The van der Waals surface area contributed by atoms with Crippen molar-refractivity contribution in [1.82, 2.24) is 4.90 Å². The summed E-state index contributed by atoms with van der Waals surface area (Å²) in [7, 11) is 0. The van der Waals surface area contributed by atoms with Crippen molar-refractivity contribution in [3.63, 3.8) is 0 Å². The molecule has 4 nitrogen and oxygen atoms in total. The summed E-state index contributed by atoms with van der Waals surface area (Å²) in [5, 5.41) is 9.10. The molecule has 1 aliphatic rings. The standard InChI is InChI=1S/C12H21NO3/c1-7(2)11-6-5-10(12(15)16)8(3)13(11)9(4)14/h7-8,10-11H,5-6H2,1-4H3,(H,15,16). The van der Waals surface area contributed by atoms with Gasteiger partial charge in [-0.15, -0.1) is 0 Å². The molecule has 1 saturated heterocycles. The second kappa shape index (κ2) is 4.85. The summed E-state index contributed by atoms with van der Waals surface area (Å²) in [4.78, 5) is 24.5. The molecule has 0 bridgehead atoms. The Hall–Kier alpha value is -1.06. The molecule has 0 spiro atoms. The van der Waals surface area contributed by atoms with Crippen LogP contribution in [-0.4, -0.2) is 34.0 Å². The lowest BCUT2D eigenvalue weighted by atomic mass is 9.82. The number of carbonyl (C=O) groups is 2. The number of nitrogens with zero attached hydrogens (tertiary/aromatic N) is 1. The number of aliphatic carboxylic acids is 1. The third kappa shape index (κ3) is 2.36. The van der Waals surface area contributed by atoms with E-state index in [0.717, 1.165) is 6.42 Å². The predicted molar refractivity (Wildman–Crippen MR) is 61.0 cm³/mol. The van der Waals surface area contributed by atoms with E-state index in [2.05, 4.69) is 13.8 Å².